The van der Waals surface area contributed by atoms with E-state index in [9.17, 15) is 18.5 Å². The zero-order valence-corrected chi connectivity index (χ0v) is 16.3. The normalized spacial score (nSPS) is 18.7. The molecule has 1 aliphatic heterocycles. The van der Waals surface area contributed by atoms with Crippen LogP contribution in [0.3, 0.4) is 0 Å². The average molecular weight is 401 g/mol. The van der Waals surface area contributed by atoms with Crippen LogP contribution in [0.5, 0.6) is 0 Å². The summed E-state index contributed by atoms with van der Waals surface area (Å²) < 4.78 is 26.9. The lowest BCUT2D eigenvalue weighted by atomic mass is 10.0. The predicted molar refractivity (Wildman–Crippen MR) is 107 cm³/mol. The van der Waals surface area contributed by atoms with E-state index < -0.39 is 14.9 Å². The minimum Gasteiger partial charge on any atom is -0.372 e. The van der Waals surface area contributed by atoms with E-state index in [2.05, 4.69) is 5.32 Å². The van der Waals surface area contributed by atoms with Crippen molar-refractivity contribution >= 4 is 21.4 Å². The highest BCUT2D eigenvalue weighted by atomic mass is 32.2. The van der Waals surface area contributed by atoms with Crippen LogP contribution in [-0.2, 0) is 10.0 Å². The number of benzene rings is 2. The van der Waals surface area contributed by atoms with Gasteiger partial charge in [-0.1, -0.05) is 30.3 Å². The van der Waals surface area contributed by atoms with Gasteiger partial charge in [-0.15, -0.1) is 0 Å². The number of sulfonamides is 1. The molecule has 1 N–H and O–H groups in total. The van der Waals surface area contributed by atoms with Crippen LogP contribution >= 0.6 is 0 Å². The third-order valence-electron chi connectivity index (χ3n) is 5.43. The molecule has 1 atom stereocenters. The SMILES string of the molecule is O=[N+]([O-])c1cc(S(=O)(=O)N2CCCC2)ccc1N[C@H](c1ccccc1)C1CC1. The number of nitrogens with one attached hydrogen (secondary N) is 1. The fraction of sp³-hybridized carbons (Fsp3) is 0.400. The molecule has 0 spiro atoms. The highest BCUT2D eigenvalue weighted by Gasteiger charge is 2.34. The highest BCUT2D eigenvalue weighted by Crippen LogP contribution is 2.44. The Morgan fingerprint density at radius 2 is 1.75 bits per heavy atom. The van der Waals surface area contributed by atoms with E-state index in [0.717, 1.165) is 31.2 Å². The molecule has 1 heterocycles. The van der Waals surface area contributed by atoms with Gasteiger partial charge in [0.15, 0.2) is 0 Å². The number of rotatable bonds is 7. The molecule has 0 unspecified atom stereocenters. The van der Waals surface area contributed by atoms with E-state index in [0.29, 0.717) is 24.7 Å². The minimum absolute atomic E-state index is 0.0191. The Balaban J connectivity index is 1.66. The van der Waals surface area contributed by atoms with Gasteiger partial charge in [0.25, 0.3) is 5.69 Å². The van der Waals surface area contributed by atoms with Crippen LogP contribution in [-0.4, -0.2) is 30.7 Å². The Labute approximate surface area is 164 Å². The number of nitro groups is 1. The summed E-state index contributed by atoms with van der Waals surface area (Å²) >= 11 is 0. The van der Waals surface area contributed by atoms with Gasteiger partial charge in [0.2, 0.25) is 10.0 Å². The zero-order valence-electron chi connectivity index (χ0n) is 15.5. The van der Waals surface area contributed by atoms with Crippen LogP contribution in [0.25, 0.3) is 0 Å². The number of hydrogen-bond acceptors (Lipinski definition) is 5. The average Bonchev–Trinajstić information content (AvgIpc) is 3.38. The molecule has 0 radical (unpaired) electrons. The lowest BCUT2D eigenvalue weighted by Gasteiger charge is -2.21. The van der Waals surface area contributed by atoms with Crippen molar-refractivity contribution < 1.29 is 13.3 Å². The number of nitrogens with zero attached hydrogens (tertiary/aromatic N) is 2. The summed E-state index contributed by atoms with van der Waals surface area (Å²) in [5.41, 5.74) is 1.22. The first-order chi connectivity index (χ1) is 13.5. The predicted octanol–water partition coefficient (Wildman–Crippen LogP) is 3.94. The molecule has 7 nitrogen and oxygen atoms in total. The fourth-order valence-electron chi connectivity index (χ4n) is 3.75. The Bertz CT molecular complexity index is 968. The Hall–Kier alpha value is -2.45. The van der Waals surface area contributed by atoms with E-state index in [4.69, 9.17) is 0 Å². The molecule has 1 aliphatic carbocycles. The number of hydrogen-bond donors (Lipinski definition) is 1. The van der Waals surface area contributed by atoms with Crippen molar-refractivity contribution in [1.82, 2.24) is 4.31 Å². The summed E-state index contributed by atoms with van der Waals surface area (Å²) in [6.45, 7) is 0.932. The minimum atomic E-state index is -3.69. The second-order valence-electron chi connectivity index (χ2n) is 7.42. The fourth-order valence-corrected chi connectivity index (χ4v) is 5.29. The van der Waals surface area contributed by atoms with Gasteiger partial charge in [0.05, 0.1) is 15.9 Å². The van der Waals surface area contributed by atoms with Crippen LogP contribution in [0.4, 0.5) is 11.4 Å². The van der Waals surface area contributed by atoms with Gasteiger partial charge in [-0.3, -0.25) is 10.1 Å². The molecule has 2 aromatic rings. The van der Waals surface area contributed by atoms with Gasteiger partial charge in [-0.05, 0) is 49.3 Å². The molecule has 2 fully saturated rings. The lowest BCUT2D eigenvalue weighted by molar-refractivity contribution is -0.384. The molecule has 148 valence electrons. The molecule has 2 aliphatic rings. The van der Waals surface area contributed by atoms with E-state index in [1.807, 2.05) is 30.3 Å². The van der Waals surface area contributed by atoms with Gasteiger partial charge in [0, 0.05) is 19.2 Å². The maximum Gasteiger partial charge on any atom is 0.293 e. The van der Waals surface area contributed by atoms with Gasteiger partial charge < -0.3 is 5.32 Å². The first-order valence-corrected chi connectivity index (χ1v) is 11.0. The van der Waals surface area contributed by atoms with Crippen molar-refractivity contribution in [2.75, 3.05) is 18.4 Å². The second kappa shape index (κ2) is 7.52. The van der Waals surface area contributed by atoms with E-state index >= 15 is 0 Å². The molecule has 1 saturated heterocycles. The Kier molecular flexibility index (Phi) is 5.07. The molecule has 0 aromatic heterocycles. The number of nitro benzene ring substituents is 1. The van der Waals surface area contributed by atoms with E-state index in [1.54, 1.807) is 0 Å². The van der Waals surface area contributed by atoms with Crippen LogP contribution in [0.15, 0.2) is 53.4 Å². The summed E-state index contributed by atoms with van der Waals surface area (Å²) in [5, 5.41) is 15.0. The molecule has 0 bridgehead atoms. The molecule has 28 heavy (non-hydrogen) atoms. The molecule has 2 aromatic carbocycles. The van der Waals surface area contributed by atoms with Gasteiger partial charge in [-0.2, -0.15) is 4.31 Å². The highest BCUT2D eigenvalue weighted by molar-refractivity contribution is 7.89. The van der Waals surface area contributed by atoms with E-state index in [-0.39, 0.29) is 16.6 Å². The smallest absolute Gasteiger partial charge is 0.293 e. The molecular weight excluding hydrogens is 378 g/mol. The van der Waals surface area contributed by atoms with Crippen molar-refractivity contribution in [3.05, 3.63) is 64.2 Å². The zero-order chi connectivity index (χ0) is 19.7. The third-order valence-corrected chi connectivity index (χ3v) is 7.33. The third kappa shape index (κ3) is 3.74. The summed E-state index contributed by atoms with van der Waals surface area (Å²) in [6.07, 6.45) is 3.78. The first-order valence-electron chi connectivity index (χ1n) is 9.57. The van der Waals surface area contributed by atoms with Crippen LogP contribution in [0.2, 0.25) is 0 Å². The molecule has 0 amide bonds. The summed E-state index contributed by atoms with van der Waals surface area (Å²) in [5.74, 6) is 0.426. The van der Waals surface area contributed by atoms with Crippen molar-refractivity contribution in [3.8, 4) is 0 Å². The molecule has 4 rings (SSSR count). The Morgan fingerprint density at radius 1 is 1.07 bits per heavy atom. The van der Waals surface area contributed by atoms with Gasteiger partial charge in [0.1, 0.15) is 5.69 Å². The van der Waals surface area contributed by atoms with E-state index in [1.165, 1.54) is 22.5 Å². The molecule has 8 heteroatoms. The Morgan fingerprint density at radius 3 is 2.36 bits per heavy atom. The molecular formula is C20H23N3O4S. The van der Waals surface area contributed by atoms with Crippen LogP contribution in [0, 0.1) is 16.0 Å². The monoisotopic (exact) mass is 401 g/mol. The van der Waals surface area contributed by atoms with Crippen LogP contribution < -0.4 is 5.32 Å². The summed E-state index contributed by atoms with van der Waals surface area (Å²) in [7, 11) is -3.69. The quantitative estimate of drug-likeness (QED) is 0.560. The lowest BCUT2D eigenvalue weighted by Crippen LogP contribution is -2.28. The van der Waals surface area contributed by atoms with Crippen molar-refractivity contribution in [2.24, 2.45) is 5.92 Å². The topological polar surface area (TPSA) is 92.5 Å². The second-order valence-corrected chi connectivity index (χ2v) is 9.36. The summed E-state index contributed by atoms with van der Waals surface area (Å²) in [6, 6.07) is 14.0. The molecule has 1 saturated carbocycles. The maximum atomic E-state index is 12.8. The maximum absolute atomic E-state index is 12.8. The summed E-state index contributed by atoms with van der Waals surface area (Å²) in [4.78, 5) is 11.2. The van der Waals surface area contributed by atoms with Crippen molar-refractivity contribution in [1.29, 1.82) is 0 Å². The van der Waals surface area contributed by atoms with Crippen molar-refractivity contribution in [2.45, 2.75) is 36.6 Å². The van der Waals surface area contributed by atoms with Gasteiger partial charge in [-0.25, -0.2) is 8.42 Å². The largest absolute Gasteiger partial charge is 0.372 e. The van der Waals surface area contributed by atoms with Crippen LogP contribution in [0.1, 0.15) is 37.3 Å². The van der Waals surface area contributed by atoms with Gasteiger partial charge >= 0.3 is 0 Å². The standard InChI is InChI=1S/C20H23N3O4S/c24-23(25)19-14-17(28(26,27)22-12-4-5-13-22)10-11-18(19)21-20(16-8-9-16)15-6-2-1-3-7-15/h1-3,6-7,10-11,14,16,20-21H,4-5,8-9,12-13H2/t20-/m1/s1. The first kappa shape index (κ1) is 18.9. The number of anilines is 1. The van der Waals surface area contributed by atoms with Crippen molar-refractivity contribution in [3.63, 3.8) is 0 Å².